The molecule has 2 aliphatic rings. The summed E-state index contributed by atoms with van der Waals surface area (Å²) >= 11 is 1.47. The number of carbonyl (C=O) groups excluding carboxylic acids is 2. The van der Waals surface area contributed by atoms with E-state index < -0.39 is 0 Å². The molecule has 6 nitrogen and oxygen atoms in total. The molecule has 2 heterocycles. The highest BCUT2D eigenvalue weighted by Gasteiger charge is 2.29. The van der Waals surface area contributed by atoms with Gasteiger partial charge in [-0.2, -0.15) is 0 Å². The normalized spacial score (nSPS) is 19.9. The van der Waals surface area contributed by atoms with E-state index in [9.17, 15) is 9.59 Å². The van der Waals surface area contributed by atoms with Crippen LogP contribution in [0, 0.1) is 5.92 Å². The first kappa shape index (κ1) is 21.6. The second-order valence-electron chi connectivity index (χ2n) is 7.65. The second-order valence-corrected chi connectivity index (χ2v) is 8.56. The van der Waals surface area contributed by atoms with Gasteiger partial charge >= 0.3 is 0 Å². The topological polar surface area (TPSA) is 70.7 Å². The zero-order valence-corrected chi connectivity index (χ0v) is 18.3. The smallest absolute Gasteiger partial charge is 0.261 e. The van der Waals surface area contributed by atoms with E-state index in [4.69, 9.17) is 4.74 Å². The molecule has 0 spiro atoms. The van der Waals surface area contributed by atoms with Crippen LogP contribution in [-0.2, 0) is 9.53 Å². The molecule has 1 aromatic rings. The number of hydrogen-bond acceptors (Lipinski definition) is 5. The van der Waals surface area contributed by atoms with Crippen molar-refractivity contribution in [3.05, 3.63) is 40.0 Å². The highest BCUT2D eigenvalue weighted by Crippen LogP contribution is 2.29. The molecule has 1 unspecified atom stereocenters. The number of allylic oxidation sites excluding steroid dienone is 2. The van der Waals surface area contributed by atoms with Crippen LogP contribution < -0.4 is 10.6 Å². The van der Waals surface area contributed by atoms with E-state index in [0.29, 0.717) is 13.2 Å². The Morgan fingerprint density at radius 2 is 2.07 bits per heavy atom. The SMILES string of the molecule is CCC(=CN(C=C(C)NC(=O)C1CC1)CC)c1csc(C(=O)NC2CCOC2)c1. The van der Waals surface area contributed by atoms with Crippen LogP contribution in [0.1, 0.15) is 61.7 Å². The van der Waals surface area contributed by atoms with Crippen LogP contribution in [0.5, 0.6) is 0 Å². The van der Waals surface area contributed by atoms with Crippen LogP contribution in [0.15, 0.2) is 29.5 Å². The van der Waals surface area contributed by atoms with Gasteiger partial charge in [0.25, 0.3) is 5.91 Å². The van der Waals surface area contributed by atoms with E-state index >= 15 is 0 Å². The number of hydrogen-bond donors (Lipinski definition) is 2. The van der Waals surface area contributed by atoms with E-state index in [2.05, 4.69) is 35.6 Å². The highest BCUT2D eigenvalue weighted by molar-refractivity contribution is 7.12. The maximum absolute atomic E-state index is 12.5. The van der Waals surface area contributed by atoms with E-state index in [1.165, 1.54) is 11.3 Å². The molecule has 158 valence electrons. The molecule has 3 rings (SSSR count). The molecule has 2 fully saturated rings. The molecule has 1 aliphatic carbocycles. The molecule has 7 heteroatoms. The zero-order chi connectivity index (χ0) is 20.8. The van der Waals surface area contributed by atoms with Gasteiger partial charge in [0.2, 0.25) is 5.91 Å². The van der Waals surface area contributed by atoms with Crippen molar-refractivity contribution in [3.63, 3.8) is 0 Å². The number of thiophene rings is 1. The van der Waals surface area contributed by atoms with Gasteiger partial charge in [0.15, 0.2) is 0 Å². The molecule has 1 saturated carbocycles. The highest BCUT2D eigenvalue weighted by atomic mass is 32.1. The fraction of sp³-hybridized carbons (Fsp3) is 0.545. The number of amides is 2. The Hall–Kier alpha value is -2.12. The number of carbonyl (C=O) groups is 2. The minimum absolute atomic E-state index is 0.0296. The number of ether oxygens (including phenoxy) is 1. The minimum atomic E-state index is -0.0296. The van der Waals surface area contributed by atoms with E-state index in [1.54, 1.807) is 0 Å². The standard InChI is InChI=1S/C22H31N3O3S/c1-4-16(12-25(5-2)11-15(3)23-21(26)17-6-7-17)18-10-20(29-14-18)22(27)24-19-8-9-28-13-19/h10-12,14,17,19H,4-9,13H2,1-3H3,(H,23,26)(H,24,27). The van der Waals surface area contributed by atoms with E-state index in [-0.39, 0.29) is 23.8 Å². The summed E-state index contributed by atoms with van der Waals surface area (Å²) in [5, 5.41) is 8.06. The molecule has 1 atom stereocenters. The molecule has 1 aliphatic heterocycles. The lowest BCUT2D eigenvalue weighted by atomic mass is 10.1. The Kier molecular flexibility index (Phi) is 7.50. The van der Waals surface area contributed by atoms with Crippen LogP contribution in [0.3, 0.4) is 0 Å². The van der Waals surface area contributed by atoms with Crippen LogP contribution in [0.2, 0.25) is 0 Å². The first-order valence-corrected chi connectivity index (χ1v) is 11.3. The molecule has 0 radical (unpaired) electrons. The molecule has 2 N–H and O–H groups in total. The summed E-state index contributed by atoms with van der Waals surface area (Å²) in [6.07, 6.45) is 7.79. The minimum Gasteiger partial charge on any atom is -0.379 e. The van der Waals surface area contributed by atoms with Crippen molar-refractivity contribution in [2.24, 2.45) is 5.92 Å². The molecule has 1 saturated heterocycles. The van der Waals surface area contributed by atoms with Crippen LogP contribution in [-0.4, -0.2) is 42.5 Å². The summed E-state index contributed by atoms with van der Waals surface area (Å²) in [7, 11) is 0. The van der Waals surface area contributed by atoms with Gasteiger partial charge in [-0.15, -0.1) is 11.3 Å². The molecular formula is C22H31N3O3S. The molecule has 0 aromatic carbocycles. The Bertz CT molecular complexity index is 789. The summed E-state index contributed by atoms with van der Waals surface area (Å²) in [4.78, 5) is 27.2. The first-order valence-electron chi connectivity index (χ1n) is 10.4. The predicted molar refractivity (Wildman–Crippen MR) is 116 cm³/mol. The number of nitrogens with zero attached hydrogens (tertiary/aromatic N) is 1. The second kappa shape index (κ2) is 10.1. The number of nitrogens with one attached hydrogen (secondary N) is 2. The lowest BCUT2D eigenvalue weighted by Gasteiger charge is -2.17. The molecule has 0 bridgehead atoms. The van der Waals surface area contributed by atoms with Crippen molar-refractivity contribution < 1.29 is 14.3 Å². The van der Waals surface area contributed by atoms with Crippen LogP contribution in [0.4, 0.5) is 0 Å². The third kappa shape index (κ3) is 6.18. The third-order valence-electron chi connectivity index (χ3n) is 5.15. The zero-order valence-electron chi connectivity index (χ0n) is 17.5. The van der Waals surface area contributed by atoms with Gasteiger partial charge in [0, 0.05) is 37.2 Å². The number of rotatable bonds is 9. The van der Waals surface area contributed by atoms with Crippen LogP contribution in [0.25, 0.3) is 5.57 Å². The van der Waals surface area contributed by atoms with Crippen molar-refractivity contribution in [1.29, 1.82) is 0 Å². The lowest BCUT2D eigenvalue weighted by molar-refractivity contribution is -0.121. The van der Waals surface area contributed by atoms with Crippen molar-refractivity contribution in [1.82, 2.24) is 15.5 Å². The van der Waals surface area contributed by atoms with Crippen molar-refractivity contribution in [3.8, 4) is 0 Å². The van der Waals surface area contributed by atoms with Crippen LogP contribution >= 0.6 is 11.3 Å². The quantitative estimate of drug-likeness (QED) is 0.642. The molecular weight excluding hydrogens is 386 g/mol. The summed E-state index contributed by atoms with van der Waals surface area (Å²) in [6, 6.07) is 2.08. The summed E-state index contributed by atoms with van der Waals surface area (Å²) in [6.45, 7) is 8.20. The summed E-state index contributed by atoms with van der Waals surface area (Å²) in [5.41, 5.74) is 3.07. The molecule has 29 heavy (non-hydrogen) atoms. The van der Waals surface area contributed by atoms with Crippen molar-refractivity contribution in [2.75, 3.05) is 19.8 Å². The van der Waals surface area contributed by atoms with Crippen molar-refractivity contribution in [2.45, 2.75) is 52.5 Å². The third-order valence-corrected chi connectivity index (χ3v) is 6.08. The van der Waals surface area contributed by atoms with Crippen molar-refractivity contribution >= 4 is 28.7 Å². The summed E-state index contributed by atoms with van der Waals surface area (Å²) < 4.78 is 5.33. The summed E-state index contributed by atoms with van der Waals surface area (Å²) in [5.74, 6) is 0.287. The van der Waals surface area contributed by atoms with E-state index in [0.717, 1.165) is 53.9 Å². The first-order chi connectivity index (χ1) is 14.0. The van der Waals surface area contributed by atoms with Gasteiger partial charge in [0.05, 0.1) is 17.5 Å². The Morgan fingerprint density at radius 3 is 2.69 bits per heavy atom. The Labute approximate surface area is 177 Å². The Balaban J connectivity index is 1.66. The van der Waals surface area contributed by atoms with Gasteiger partial charge < -0.3 is 20.3 Å². The van der Waals surface area contributed by atoms with Gasteiger partial charge in [-0.05, 0) is 62.1 Å². The average Bonchev–Trinajstić information content (AvgIpc) is 3.22. The largest absolute Gasteiger partial charge is 0.379 e. The monoisotopic (exact) mass is 417 g/mol. The maximum Gasteiger partial charge on any atom is 0.261 e. The van der Waals surface area contributed by atoms with Gasteiger partial charge in [-0.1, -0.05) is 6.92 Å². The Morgan fingerprint density at radius 1 is 1.28 bits per heavy atom. The fourth-order valence-corrected chi connectivity index (χ4v) is 4.08. The van der Waals surface area contributed by atoms with Gasteiger partial charge in [-0.25, -0.2) is 0 Å². The van der Waals surface area contributed by atoms with Gasteiger partial charge in [0.1, 0.15) is 0 Å². The molecule has 1 aromatic heterocycles. The fourth-order valence-electron chi connectivity index (χ4n) is 3.24. The average molecular weight is 418 g/mol. The van der Waals surface area contributed by atoms with E-state index in [1.807, 2.05) is 24.6 Å². The lowest BCUT2D eigenvalue weighted by Crippen LogP contribution is -2.34. The maximum atomic E-state index is 12.5. The van der Waals surface area contributed by atoms with Gasteiger partial charge in [-0.3, -0.25) is 9.59 Å². The predicted octanol–water partition coefficient (Wildman–Crippen LogP) is 3.73. The molecule has 2 amide bonds.